The molecule has 0 aliphatic carbocycles. The van der Waals surface area contributed by atoms with E-state index in [1.807, 2.05) is 6.92 Å². The number of H-pyrrole nitrogens is 2. The van der Waals surface area contributed by atoms with Gasteiger partial charge in [-0.05, 0) is 27.3 Å². The molecule has 4 N–H and O–H groups in total. The number of aromatic nitrogens is 4. The van der Waals surface area contributed by atoms with Crippen LogP contribution in [0.4, 0.5) is 5.69 Å². The van der Waals surface area contributed by atoms with Gasteiger partial charge in [0.25, 0.3) is 10.0 Å². The SMILES string of the molecule is CCNCc1c(S(=O)(=O)Nc2c(C)n[nH]c2C)n[nH]c1C. The molecule has 0 radical (unpaired) electrons. The minimum Gasteiger partial charge on any atom is -0.313 e. The van der Waals surface area contributed by atoms with Crippen LogP contribution < -0.4 is 10.0 Å². The molecule has 0 aliphatic rings. The zero-order valence-electron chi connectivity index (χ0n) is 12.5. The van der Waals surface area contributed by atoms with Crippen molar-refractivity contribution in [2.45, 2.75) is 39.3 Å². The van der Waals surface area contributed by atoms with E-state index in [-0.39, 0.29) is 5.03 Å². The van der Waals surface area contributed by atoms with Gasteiger partial charge in [-0.25, -0.2) is 0 Å². The van der Waals surface area contributed by atoms with E-state index >= 15 is 0 Å². The maximum absolute atomic E-state index is 12.5. The van der Waals surface area contributed by atoms with Gasteiger partial charge in [-0.3, -0.25) is 14.9 Å². The zero-order chi connectivity index (χ0) is 15.6. The molecular weight excluding hydrogens is 292 g/mol. The van der Waals surface area contributed by atoms with Crippen molar-refractivity contribution >= 4 is 15.7 Å². The molecule has 0 saturated carbocycles. The van der Waals surface area contributed by atoms with E-state index in [1.165, 1.54) is 0 Å². The minimum absolute atomic E-state index is 0.0148. The van der Waals surface area contributed by atoms with Crippen LogP contribution in [0.15, 0.2) is 5.03 Å². The van der Waals surface area contributed by atoms with Gasteiger partial charge in [0, 0.05) is 17.8 Å². The van der Waals surface area contributed by atoms with E-state index in [1.54, 1.807) is 20.8 Å². The Bertz CT molecular complexity index is 712. The summed E-state index contributed by atoms with van der Waals surface area (Å²) in [7, 11) is -3.76. The molecule has 8 nitrogen and oxygen atoms in total. The molecule has 21 heavy (non-hydrogen) atoms. The van der Waals surface area contributed by atoms with Gasteiger partial charge in [0.15, 0.2) is 0 Å². The van der Waals surface area contributed by atoms with Crippen molar-refractivity contribution in [2.75, 3.05) is 11.3 Å². The van der Waals surface area contributed by atoms with Crippen LogP contribution in [0, 0.1) is 20.8 Å². The summed E-state index contributed by atoms with van der Waals surface area (Å²) >= 11 is 0. The van der Waals surface area contributed by atoms with E-state index in [0.29, 0.717) is 29.2 Å². The largest absolute Gasteiger partial charge is 0.313 e. The number of nitrogens with one attached hydrogen (secondary N) is 4. The molecule has 2 aromatic rings. The second-order valence-corrected chi connectivity index (χ2v) is 6.42. The van der Waals surface area contributed by atoms with Crippen LogP contribution in [-0.2, 0) is 16.6 Å². The fraction of sp³-hybridized carbons (Fsp3) is 0.500. The van der Waals surface area contributed by atoms with Crippen LogP contribution in [0.25, 0.3) is 0 Å². The first-order valence-electron chi connectivity index (χ1n) is 6.65. The van der Waals surface area contributed by atoms with Crippen LogP contribution in [0.3, 0.4) is 0 Å². The van der Waals surface area contributed by atoms with Crippen molar-refractivity contribution in [2.24, 2.45) is 0 Å². The first-order valence-corrected chi connectivity index (χ1v) is 8.14. The number of aryl methyl sites for hydroxylation is 3. The summed E-state index contributed by atoms with van der Waals surface area (Å²) in [5.41, 5.74) is 3.10. The first kappa shape index (κ1) is 15.5. The Balaban J connectivity index is 2.36. The highest BCUT2D eigenvalue weighted by atomic mass is 32.2. The second kappa shape index (κ2) is 5.86. The Morgan fingerprint density at radius 1 is 1.10 bits per heavy atom. The molecule has 2 aromatic heterocycles. The number of anilines is 1. The molecule has 0 spiro atoms. The highest BCUT2D eigenvalue weighted by Gasteiger charge is 2.25. The molecule has 0 unspecified atom stereocenters. The number of nitrogens with zero attached hydrogens (tertiary/aromatic N) is 2. The number of sulfonamides is 1. The minimum atomic E-state index is -3.76. The van der Waals surface area contributed by atoms with Crippen molar-refractivity contribution < 1.29 is 8.42 Å². The fourth-order valence-electron chi connectivity index (χ4n) is 1.99. The van der Waals surface area contributed by atoms with Crippen molar-refractivity contribution in [3.8, 4) is 0 Å². The van der Waals surface area contributed by atoms with Gasteiger partial charge in [-0.1, -0.05) is 6.92 Å². The maximum atomic E-state index is 12.5. The topological polar surface area (TPSA) is 116 Å². The molecule has 0 amide bonds. The van der Waals surface area contributed by atoms with Crippen LogP contribution >= 0.6 is 0 Å². The van der Waals surface area contributed by atoms with E-state index in [4.69, 9.17) is 0 Å². The van der Waals surface area contributed by atoms with Gasteiger partial charge in [-0.2, -0.15) is 18.6 Å². The summed E-state index contributed by atoms with van der Waals surface area (Å²) in [6.07, 6.45) is 0. The Morgan fingerprint density at radius 3 is 2.33 bits per heavy atom. The summed E-state index contributed by atoms with van der Waals surface area (Å²) in [6.45, 7) is 8.44. The maximum Gasteiger partial charge on any atom is 0.281 e. The molecule has 116 valence electrons. The van der Waals surface area contributed by atoms with E-state index in [2.05, 4.69) is 30.4 Å². The lowest BCUT2D eigenvalue weighted by Crippen LogP contribution is -2.19. The van der Waals surface area contributed by atoms with Crippen LogP contribution in [0.2, 0.25) is 0 Å². The van der Waals surface area contributed by atoms with Gasteiger partial charge in [0.2, 0.25) is 5.03 Å². The first-order chi connectivity index (χ1) is 9.86. The summed E-state index contributed by atoms with van der Waals surface area (Å²) < 4.78 is 27.6. The molecule has 0 bridgehead atoms. The van der Waals surface area contributed by atoms with Gasteiger partial charge in [0.05, 0.1) is 17.1 Å². The predicted octanol–water partition coefficient (Wildman–Crippen LogP) is 0.968. The van der Waals surface area contributed by atoms with Crippen molar-refractivity contribution in [3.63, 3.8) is 0 Å². The second-order valence-electron chi connectivity index (χ2n) is 4.83. The Hall–Kier alpha value is -1.87. The standard InChI is InChI=1S/C12H20N6O2S/c1-5-13-6-10-7(2)14-17-12(10)21(19,20)18-11-8(3)15-16-9(11)4/h13,18H,5-6H2,1-4H3,(H,14,17)(H,15,16). The zero-order valence-corrected chi connectivity index (χ0v) is 13.3. The Labute approximate surface area is 123 Å². The van der Waals surface area contributed by atoms with Crippen molar-refractivity contribution in [3.05, 3.63) is 22.6 Å². The van der Waals surface area contributed by atoms with Crippen molar-refractivity contribution in [1.29, 1.82) is 0 Å². The molecule has 0 saturated heterocycles. The molecular formula is C12H20N6O2S. The lowest BCUT2D eigenvalue weighted by atomic mass is 10.2. The highest BCUT2D eigenvalue weighted by molar-refractivity contribution is 7.92. The van der Waals surface area contributed by atoms with Gasteiger partial charge >= 0.3 is 0 Å². The molecule has 0 atom stereocenters. The lowest BCUT2D eigenvalue weighted by molar-refractivity contribution is 0.594. The monoisotopic (exact) mass is 312 g/mol. The third-order valence-corrected chi connectivity index (χ3v) is 4.53. The molecule has 2 rings (SSSR count). The smallest absolute Gasteiger partial charge is 0.281 e. The normalized spacial score (nSPS) is 11.8. The van der Waals surface area contributed by atoms with Crippen LogP contribution in [-0.4, -0.2) is 35.4 Å². The Morgan fingerprint density at radius 2 is 1.76 bits per heavy atom. The van der Waals surface area contributed by atoms with E-state index in [0.717, 1.165) is 12.2 Å². The number of hydrogen-bond donors (Lipinski definition) is 4. The quantitative estimate of drug-likeness (QED) is 0.634. The Kier molecular flexibility index (Phi) is 4.33. The van der Waals surface area contributed by atoms with Gasteiger partial charge in [-0.15, -0.1) is 0 Å². The van der Waals surface area contributed by atoms with E-state index < -0.39 is 10.0 Å². The summed E-state index contributed by atoms with van der Waals surface area (Å²) in [5, 5.41) is 16.5. The van der Waals surface area contributed by atoms with Crippen molar-refractivity contribution in [1.82, 2.24) is 25.7 Å². The lowest BCUT2D eigenvalue weighted by Gasteiger charge is -2.08. The van der Waals surface area contributed by atoms with E-state index in [9.17, 15) is 8.42 Å². The average molecular weight is 312 g/mol. The molecule has 0 aromatic carbocycles. The number of hydrogen-bond acceptors (Lipinski definition) is 5. The predicted molar refractivity (Wildman–Crippen MR) is 79.6 cm³/mol. The van der Waals surface area contributed by atoms with Gasteiger partial charge in [0.1, 0.15) is 0 Å². The molecule has 0 aliphatic heterocycles. The third kappa shape index (κ3) is 3.08. The summed E-state index contributed by atoms with van der Waals surface area (Å²) in [4.78, 5) is 0. The third-order valence-electron chi connectivity index (χ3n) is 3.21. The average Bonchev–Trinajstić information content (AvgIpc) is 2.94. The van der Waals surface area contributed by atoms with Crippen LogP contribution in [0.5, 0.6) is 0 Å². The number of rotatable bonds is 6. The molecule has 9 heteroatoms. The highest BCUT2D eigenvalue weighted by Crippen LogP contribution is 2.23. The van der Waals surface area contributed by atoms with Gasteiger partial charge < -0.3 is 5.32 Å². The number of aromatic amines is 2. The molecule has 2 heterocycles. The van der Waals surface area contributed by atoms with Crippen LogP contribution in [0.1, 0.15) is 29.6 Å². The summed E-state index contributed by atoms with van der Waals surface area (Å²) in [6, 6.07) is 0. The molecule has 0 fully saturated rings. The summed E-state index contributed by atoms with van der Waals surface area (Å²) in [5.74, 6) is 0. The fourth-order valence-corrected chi connectivity index (χ4v) is 3.38.